The number of amides is 1. The summed E-state index contributed by atoms with van der Waals surface area (Å²) >= 11 is 1.62. The van der Waals surface area contributed by atoms with Crippen LogP contribution in [0.1, 0.15) is 38.0 Å². The Kier molecular flexibility index (Phi) is 6.65. The summed E-state index contributed by atoms with van der Waals surface area (Å²) < 4.78 is 10.8. The smallest absolute Gasteiger partial charge is 0.256 e. The largest absolute Gasteiger partial charge is 0.497 e. The third-order valence-electron chi connectivity index (χ3n) is 5.70. The molecule has 3 heterocycles. The maximum atomic E-state index is 13.0. The average Bonchev–Trinajstić information content (AvgIpc) is 3.08. The fourth-order valence-electron chi connectivity index (χ4n) is 3.92. The number of anilines is 1. The number of morpholine rings is 1. The standard InChI is InChI=1S/C24H27N3O3S/c1-16-17(2)31-24(26-23(28)18-6-8-20(29-3)9-7-18)21(16)22(19-5-4-10-25-15-19)27-11-13-30-14-12-27/h4-10,15,22H,11-14H2,1-3H3,(H,26,28)/t22-/m1/s1. The van der Waals surface area contributed by atoms with Gasteiger partial charge < -0.3 is 14.8 Å². The molecule has 7 heteroatoms. The molecule has 6 nitrogen and oxygen atoms in total. The summed E-state index contributed by atoms with van der Waals surface area (Å²) in [6.07, 6.45) is 3.71. The minimum atomic E-state index is -0.128. The van der Waals surface area contributed by atoms with E-state index in [2.05, 4.69) is 35.1 Å². The average molecular weight is 438 g/mol. The zero-order valence-electron chi connectivity index (χ0n) is 18.1. The van der Waals surface area contributed by atoms with Gasteiger partial charge in [0.1, 0.15) is 10.8 Å². The second-order valence-electron chi connectivity index (χ2n) is 7.55. The number of hydrogen-bond donors (Lipinski definition) is 1. The van der Waals surface area contributed by atoms with Crippen molar-refractivity contribution in [1.29, 1.82) is 0 Å². The zero-order valence-corrected chi connectivity index (χ0v) is 18.9. The quantitative estimate of drug-likeness (QED) is 0.618. The molecule has 1 saturated heterocycles. The van der Waals surface area contributed by atoms with Crippen molar-refractivity contribution in [1.82, 2.24) is 9.88 Å². The Hall–Kier alpha value is -2.74. The number of nitrogens with zero attached hydrogens (tertiary/aromatic N) is 2. The van der Waals surface area contributed by atoms with Crippen LogP contribution < -0.4 is 10.1 Å². The Balaban J connectivity index is 1.71. The van der Waals surface area contributed by atoms with Gasteiger partial charge in [0.2, 0.25) is 0 Å². The number of aromatic nitrogens is 1. The number of aryl methyl sites for hydroxylation is 1. The fourth-order valence-corrected chi connectivity index (χ4v) is 5.01. The van der Waals surface area contributed by atoms with Crippen LogP contribution in [0.4, 0.5) is 5.00 Å². The van der Waals surface area contributed by atoms with Crippen molar-refractivity contribution in [3.63, 3.8) is 0 Å². The summed E-state index contributed by atoms with van der Waals surface area (Å²) in [6, 6.07) is 11.2. The van der Waals surface area contributed by atoms with Gasteiger partial charge in [0.05, 0.1) is 26.4 Å². The van der Waals surface area contributed by atoms with Gasteiger partial charge in [-0.25, -0.2) is 0 Å². The van der Waals surface area contributed by atoms with Crippen LogP contribution in [0.2, 0.25) is 0 Å². The Morgan fingerprint density at radius 1 is 1.19 bits per heavy atom. The van der Waals surface area contributed by atoms with Gasteiger partial charge in [-0.3, -0.25) is 14.7 Å². The van der Waals surface area contributed by atoms with Gasteiger partial charge in [0, 0.05) is 41.5 Å². The summed E-state index contributed by atoms with van der Waals surface area (Å²) in [7, 11) is 1.61. The predicted octanol–water partition coefficient (Wildman–Crippen LogP) is 4.44. The predicted molar refractivity (Wildman–Crippen MR) is 123 cm³/mol. The monoisotopic (exact) mass is 437 g/mol. The Bertz CT molecular complexity index is 1030. The van der Waals surface area contributed by atoms with Crippen LogP contribution in [0.25, 0.3) is 0 Å². The van der Waals surface area contributed by atoms with Crippen LogP contribution in [-0.4, -0.2) is 49.2 Å². The second-order valence-corrected chi connectivity index (χ2v) is 8.77. The molecule has 0 unspecified atom stereocenters. The van der Waals surface area contributed by atoms with Gasteiger partial charge in [-0.15, -0.1) is 11.3 Å². The molecule has 0 spiro atoms. The molecule has 1 N–H and O–H groups in total. The lowest BCUT2D eigenvalue weighted by atomic mass is 9.95. The number of thiophene rings is 1. The Labute approximate surface area is 186 Å². The number of ether oxygens (including phenoxy) is 2. The number of nitrogens with one attached hydrogen (secondary N) is 1. The second kappa shape index (κ2) is 9.60. The topological polar surface area (TPSA) is 63.7 Å². The number of pyridine rings is 1. The highest BCUT2D eigenvalue weighted by Crippen LogP contribution is 2.42. The number of benzene rings is 1. The van der Waals surface area contributed by atoms with E-state index in [1.165, 1.54) is 10.4 Å². The number of methoxy groups -OCH3 is 1. The molecule has 2 aromatic heterocycles. The minimum absolute atomic E-state index is 0.00807. The lowest BCUT2D eigenvalue weighted by Gasteiger charge is -2.35. The lowest BCUT2D eigenvalue weighted by Crippen LogP contribution is -2.40. The van der Waals surface area contributed by atoms with Crippen molar-refractivity contribution >= 4 is 22.2 Å². The van der Waals surface area contributed by atoms with E-state index in [9.17, 15) is 4.79 Å². The molecule has 0 saturated carbocycles. The van der Waals surface area contributed by atoms with E-state index in [4.69, 9.17) is 9.47 Å². The third-order valence-corrected chi connectivity index (χ3v) is 6.83. The van der Waals surface area contributed by atoms with Crippen LogP contribution in [0.15, 0.2) is 48.8 Å². The van der Waals surface area contributed by atoms with Crippen LogP contribution in [0.5, 0.6) is 5.75 Å². The van der Waals surface area contributed by atoms with Gasteiger partial charge in [-0.05, 0) is 55.3 Å². The maximum absolute atomic E-state index is 13.0. The molecule has 1 aliphatic heterocycles. The summed E-state index contributed by atoms with van der Waals surface area (Å²) in [4.78, 5) is 21.0. The minimum Gasteiger partial charge on any atom is -0.497 e. The number of rotatable bonds is 6. The number of carbonyl (C=O) groups is 1. The Morgan fingerprint density at radius 2 is 1.94 bits per heavy atom. The van der Waals surface area contributed by atoms with Gasteiger partial charge >= 0.3 is 0 Å². The van der Waals surface area contributed by atoms with Gasteiger partial charge in [0.15, 0.2) is 0 Å². The maximum Gasteiger partial charge on any atom is 0.256 e. The first-order valence-electron chi connectivity index (χ1n) is 10.4. The molecular formula is C24H27N3O3S. The molecule has 162 valence electrons. The molecular weight excluding hydrogens is 410 g/mol. The molecule has 1 aromatic carbocycles. The Morgan fingerprint density at radius 3 is 2.58 bits per heavy atom. The molecule has 31 heavy (non-hydrogen) atoms. The zero-order chi connectivity index (χ0) is 21.8. The van der Waals surface area contributed by atoms with E-state index in [1.54, 1.807) is 48.9 Å². The highest BCUT2D eigenvalue weighted by molar-refractivity contribution is 7.16. The molecule has 0 radical (unpaired) electrons. The number of carbonyl (C=O) groups excluding carboxylic acids is 1. The van der Waals surface area contributed by atoms with Crippen molar-refractivity contribution in [3.05, 3.63) is 75.9 Å². The van der Waals surface area contributed by atoms with Crippen molar-refractivity contribution in [2.24, 2.45) is 0 Å². The van der Waals surface area contributed by atoms with E-state index in [0.717, 1.165) is 35.0 Å². The van der Waals surface area contributed by atoms with Crippen LogP contribution in [0, 0.1) is 13.8 Å². The summed E-state index contributed by atoms with van der Waals surface area (Å²) in [5.74, 6) is 0.598. The first-order valence-corrected chi connectivity index (χ1v) is 11.2. The van der Waals surface area contributed by atoms with Crippen LogP contribution in [-0.2, 0) is 4.74 Å². The van der Waals surface area contributed by atoms with Crippen molar-refractivity contribution in [3.8, 4) is 5.75 Å². The van der Waals surface area contributed by atoms with Crippen molar-refractivity contribution < 1.29 is 14.3 Å². The molecule has 1 fully saturated rings. The fraction of sp³-hybridized carbons (Fsp3) is 0.333. The SMILES string of the molecule is COc1ccc(C(=O)Nc2sc(C)c(C)c2[C@@H](c2cccnc2)N2CCOCC2)cc1. The summed E-state index contributed by atoms with van der Waals surface area (Å²) in [6.45, 7) is 7.30. The first kappa shape index (κ1) is 21.5. The van der Waals surface area contributed by atoms with E-state index in [1.807, 2.05) is 12.3 Å². The van der Waals surface area contributed by atoms with Crippen molar-refractivity contribution in [2.75, 3.05) is 38.7 Å². The molecule has 1 aliphatic rings. The van der Waals surface area contributed by atoms with E-state index >= 15 is 0 Å². The van der Waals surface area contributed by atoms with Gasteiger partial charge in [-0.1, -0.05) is 6.07 Å². The van der Waals surface area contributed by atoms with Crippen molar-refractivity contribution in [2.45, 2.75) is 19.9 Å². The first-order chi connectivity index (χ1) is 15.1. The molecule has 1 amide bonds. The van der Waals surface area contributed by atoms with E-state index < -0.39 is 0 Å². The lowest BCUT2D eigenvalue weighted by molar-refractivity contribution is 0.0239. The highest BCUT2D eigenvalue weighted by Gasteiger charge is 2.30. The molecule has 0 aliphatic carbocycles. The van der Waals surface area contributed by atoms with Gasteiger partial charge in [-0.2, -0.15) is 0 Å². The summed E-state index contributed by atoms with van der Waals surface area (Å²) in [5.41, 5.74) is 4.06. The number of hydrogen-bond acceptors (Lipinski definition) is 6. The van der Waals surface area contributed by atoms with Crippen LogP contribution in [0.3, 0.4) is 0 Å². The van der Waals surface area contributed by atoms with E-state index in [0.29, 0.717) is 18.8 Å². The normalized spacial score (nSPS) is 15.5. The molecule has 1 atom stereocenters. The third kappa shape index (κ3) is 4.63. The molecule has 0 bridgehead atoms. The summed E-state index contributed by atoms with van der Waals surface area (Å²) in [5, 5.41) is 4.06. The molecule has 4 rings (SSSR count). The van der Waals surface area contributed by atoms with E-state index in [-0.39, 0.29) is 11.9 Å². The highest BCUT2D eigenvalue weighted by atomic mass is 32.1. The van der Waals surface area contributed by atoms with Gasteiger partial charge in [0.25, 0.3) is 5.91 Å². The van der Waals surface area contributed by atoms with Crippen LogP contribution >= 0.6 is 11.3 Å². The molecule has 3 aromatic rings.